The topological polar surface area (TPSA) is 75.4 Å². The number of nitrogens with two attached hydrogens (primary N) is 1. The lowest BCUT2D eigenvalue weighted by Gasteiger charge is -2.19. The molecule has 5 nitrogen and oxygen atoms in total. The van der Waals surface area contributed by atoms with Crippen molar-refractivity contribution in [3.8, 4) is 0 Å². The van der Waals surface area contributed by atoms with Crippen molar-refractivity contribution >= 4 is 11.8 Å². The number of amides is 2. The van der Waals surface area contributed by atoms with Gasteiger partial charge in [0, 0.05) is 26.6 Å². The molecule has 0 aromatic carbocycles. The first kappa shape index (κ1) is 12.0. The largest absolute Gasteiger partial charge is 0.350 e. The quantitative estimate of drug-likeness (QED) is 0.635. The molecule has 1 atom stereocenters. The number of nitrogens with zero attached hydrogens (tertiary/aromatic N) is 1. The minimum atomic E-state index is -0.130. The Kier molecular flexibility index (Phi) is 4.08. The third-order valence-corrected chi connectivity index (χ3v) is 2.71. The maximum atomic E-state index is 11.5. The molecule has 1 saturated carbocycles. The monoisotopic (exact) mass is 213 g/mol. The molecule has 0 aromatic heterocycles. The molecule has 1 unspecified atom stereocenters. The average Bonchev–Trinajstić information content (AvgIpc) is 2.97. The number of nitrogens with one attached hydrogen (secondary N) is 1. The van der Waals surface area contributed by atoms with E-state index in [9.17, 15) is 9.59 Å². The maximum absolute atomic E-state index is 11.5. The Bertz CT molecular complexity index is 251. The Labute approximate surface area is 90.0 Å². The number of likely N-dealkylation sites (N-methyl/N-ethyl adjacent to an activating group) is 1. The summed E-state index contributed by atoms with van der Waals surface area (Å²) in [7, 11) is 1.61. The number of hydrogen-bond acceptors (Lipinski definition) is 3. The highest BCUT2D eigenvalue weighted by Crippen LogP contribution is 2.32. The van der Waals surface area contributed by atoms with Crippen molar-refractivity contribution in [3.05, 3.63) is 0 Å². The minimum absolute atomic E-state index is 0.0814. The van der Waals surface area contributed by atoms with Crippen molar-refractivity contribution in [2.45, 2.75) is 25.8 Å². The first-order chi connectivity index (χ1) is 7.04. The van der Waals surface area contributed by atoms with Gasteiger partial charge in [0.25, 0.3) is 0 Å². The highest BCUT2D eigenvalue weighted by atomic mass is 16.2. The maximum Gasteiger partial charge on any atom is 0.239 e. The second-order valence-electron chi connectivity index (χ2n) is 4.12. The number of rotatable bonds is 5. The molecule has 86 valence electrons. The molecule has 1 aliphatic rings. The van der Waals surface area contributed by atoms with Crippen LogP contribution in [0.1, 0.15) is 19.8 Å². The first-order valence-corrected chi connectivity index (χ1v) is 5.25. The van der Waals surface area contributed by atoms with E-state index in [-0.39, 0.29) is 24.4 Å². The summed E-state index contributed by atoms with van der Waals surface area (Å²) in [6.45, 7) is 2.02. The second kappa shape index (κ2) is 5.11. The Morgan fingerprint density at radius 2 is 2.13 bits per heavy atom. The third-order valence-electron chi connectivity index (χ3n) is 2.71. The lowest BCUT2D eigenvalue weighted by atomic mass is 10.2. The molecule has 5 heteroatoms. The van der Waals surface area contributed by atoms with E-state index >= 15 is 0 Å². The Balaban J connectivity index is 2.30. The fraction of sp³-hybridized carbons (Fsp3) is 0.800. The van der Waals surface area contributed by atoms with Gasteiger partial charge < -0.3 is 16.0 Å². The summed E-state index contributed by atoms with van der Waals surface area (Å²) in [5.41, 5.74) is 5.56. The van der Waals surface area contributed by atoms with Gasteiger partial charge in [-0.1, -0.05) is 0 Å². The summed E-state index contributed by atoms with van der Waals surface area (Å²) in [4.78, 5) is 23.8. The molecule has 3 N–H and O–H groups in total. The van der Waals surface area contributed by atoms with Crippen LogP contribution in [0.2, 0.25) is 0 Å². The predicted molar refractivity (Wildman–Crippen MR) is 57.0 cm³/mol. The van der Waals surface area contributed by atoms with Crippen LogP contribution in [-0.2, 0) is 9.59 Å². The smallest absolute Gasteiger partial charge is 0.239 e. The highest BCUT2D eigenvalue weighted by molar-refractivity contribution is 5.83. The molecular weight excluding hydrogens is 194 g/mol. The summed E-state index contributed by atoms with van der Waals surface area (Å²) in [5, 5.41) is 2.86. The van der Waals surface area contributed by atoms with E-state index in [4.69, 9.17) is 5.73 Å². The van der Waals surface area contributed by atoms with Gasteiger partial charge in [0.05, 0.1) is 6.54 Å². The second-order valence-corrected chi connectivity index (χ2v) is 4.12. The van der Waals surface area contributed by atoms with Crippen molar-refractivity contribution in [3.63, 3.8) is 0 Å². The molecule has 0 heterocycles. The minimum Gasteiger partial charge on any atom is -0.350 e. The van der Waals surface area contributed by atoms with Crippen LogP contribution in [0.15, 0.2) is 0 Å². The predicted octanol–water partition coefficient (Wildman–Crippen LogP) is -0.682. The molecule has 0 saturated heterocycles. The van der Waals surface area contributed by atoms with Gasteiger partial charge in [-0.05, 0) is 18.8 Å². The molecule has 1 rings (SSSR count). The molecule has 1 aliphatic carbocycles. The van der Waals surface area contributed by atoms with E-state index in [2.05, 4.69) is 5.32 Å². The molecule has 1 fully saturated rings. The molecule has 0 aliphatic heterocycles. The molecule has 0 spiro atoms. The van der Waals surface area contributed by atoms with Crippen LogP contribution in [-0.4, -0.2) is 42.9 Å². The van der Waals surface area contributed by atoms with Crippen LogP contribution in [0.5, 0.6) is 0 Å². The van der Waals surface area contributed by atoms with Crippen molar-refractivity contribution < 1.29 is 9.59 Å². The standard InChI is InChI=1S/C10H19N3O2/c1-7(14)13(2)6-10(15)12-9(5-11)8-3-4-8/h8-9H,3-6,11H2,1-2H3,(H,12,15). The van der Waals surface area contributed by atoms with Crippen LogP contribution in [0, 0.1) is 5.92 Å². The average molecular weight is 213 g/mol. The van der Waals surface area contributed by atoms with Gasteiger partial charge in [0.1, 0.15) is 0 Å². The van der Waals surface area contributed by atoms with Crippen LogP contribution < -0.4 is 11.1 Å². The fourth-order valence-corrected chi connectivity index (χ4v) is 1.45. The van der Waals surface area contributed by atoms with E-state index in [1.54, 1.807) is 7.05 Å². The van der Waals surface area contributed by atoms with E-state index in [1.807, 2.05) is 0 Å². The van der Waals surface area contributed by atoms with E-state index < -0.39 is 0 Å². The first-order valence-electron chi connectivity index (χ1n) is 5.25. The SMILES string of the molecule is CC(=O)N(C)CC(=O)NC(CN)C1CC1. The molecule has 0 radical (unpaired) electrons. The van der Waals surface area contributed by atoms with Gasteiger partial charge in [-0.25, -0.2) is 0 Å². The number of carbonyl (C=O) groups is 2. The normalized spacial score (nSPS) is 17.0. The van der Waals surface area contributed by atoms with Crippen LogP contribution in [0.3, 0.4) is 0 Å². The van der Waals surface area contributed by atoms with Gasteiger partial charge in [-0.3, -0.25) is 9.59 Å². The Hall–Kier alpha value is -1.10. The molecule has 0 bridgehead atoms. The Morgan fingerprint density at radius 1 is 1.53 bits per heavy atom. The van der Waals surface area contributed by atoms with Gasteiger partial charge >= 0.3 is 0 Å². The van der Waals surface area contributed by atoms with Gasteiger partial charge in [0.2, 0.25) is 11.8 Å². The zero-order valence-corrected chi connectivity index (χ0v) is 9.32. The van der Waals surface area contributed by atoms with Crippen molar-refractivity contribution in [1.82, 2.24) is 10.2 Å². The highest BCUT2D eigenvalue weighted by Gasteiger charge is 2.31. The summed E-state index contributed by atoms with van der Waals surface area (Å²) in [6.07, 6.45) is 2.29. The van der Waals surface area contributed by atoms with Crippen LogP contribution >= 0.6 is 0 Å². The summed E-state index contributed by atoms with van der Waals surface area (Å²) in [6, 6.07) is 0.0814. The summed E-state index contributed by atoms with van der Waals surface area (Å²) >= 11 is 0. The molecule has 15 heavy (non-hydrogen) atoms. The fourth-order valence-electron chi connectivity index (χ4n) is 1.45. The third kappa shape index (κ3) is 3.87. The van der Waals surface area contributed by atoms with Gasteiger partial charge in [-0.15, -0.1) is 0 Å². The lowest BCUT2D eigenvalue weighted by Crippen LogP contribution is -2.46. The van der Waals surface area contributed by atoms with Crippen molar-refractivity contribution in [1.29, 1.82) is 0 Å². The van der Waals surface area contributed by atoms with Crippen LogP contribution in [0.4, 0.5) is 0 Å². The number of hydrogen-bond donors (Lipinski definition) is 2. The van der Waals surface area contributed by atoms with E-state index in [1.165, 1.54) is 11.8 Å². The molecule has 2 amide bonds. The van der Waals surface area contributed by atoms with Gasteiger partial charge in [-0.2, -0.15) is 0 Å². The van der Waals surface area contributed by atoms with E-state index in [0.29, 0.717) is 12.5 Å². The Morgan fingerprint density at radius 3 is 2.53 bits per heavy atom. The van der Waals surface area contributed by atoms with Crippen molar-refractivity contribution in [2.75, 3.05) is 20.1 Å². The van der Waals surface area contributed by atoms with Gasteiger partial charge in [0.15, 0.2) is 0 Å². The molecular formula is C10H19N3O2. The summed E-state index contributed by atoms with van der Waals surface area (Å²) < 4.78 is 0. The number of carbonyl (C=O) groups excluding carboxylic acids is 2. The lowest BCUT2D eigenvalue weighted by molar-refractivity contribution is -0.133. The summed E-state index contributed by atoms with van der Waals surface area (Å²) in [5.74, 6) is 0.303. The zero-order valence-electron chi connectivity index (χ0n) is 9.32. The zero-order chi connectivity index (χ0) is 11.4. The van der Waals surface area contributed by atoms with E-state index in [0.717, 1.165) is 12.8 Å². The van der Waals surface area contributed by atoms with Crippen molar-refractivity contribution in [2.24, 2.45) is 11.7 Å². The molecule has 0 aromatic rings. The van der Waals surface area contributed by atoms with Crippen LogP contribution in [0.25, 0.3) is 0 Å².